The average Bonchev–Trinajstić information content (AvgIpc) is 2.73. The Morgan fingerprint density at radius 2 is 2.16 bits per heavy atom. The molecule has 0 saturated carbocycles. The molecule has 0 radical (unpaired) electrons. The number of rotatable bonds is 4. The summed E-state index contributed by atoms with van der Waals surface area (Å²) in [5.74, 6) is -1.64. The number of fused-ring (bicyclic) bond motifs is 1. The molecule has 0 fully saturated rings. The summed E-state index contributed by atoms with van der Waals surface area (Å²) in [6.07, 6.45) is 1.54. The van der Waals surface area contributed by atoms with Gasteiger partial charge in [-0.2, -0.15) is 5.26 Å². The van der Waals surface area contributed by atoms with Crippen molar-refractivity contribution in [3.63, 3.8) is 0 Å². The molecule has 2 rings (SSSR count). The Bertz CT molecular complexity index is 712. The van der Waals surface area contributed by atoms with Crippen molar-refractivity contribution in [2.75, 3.05) is 0 Å². The third kappa shape index (κ3) is 2.37. The second kappa shape index (κ2) is 4.78. The fourth-order valence-corrected chi connectivity index (χ4v) is 1.76. The lowest BCUT2D eigenvalue weighted by Gasteiger charge is -2.00. The fourth-order valence-electron chi connectivity index (χ4n) is 1.76. The minimum Gasteiger partial charge on any atom is -0.481 e. The number of aromatic carboxylic acids is 1. The number of carboxylic acid groups (broad SMARTS) is 2. The van der Waals surface area contributed by atoms with E-state index in [4.69, 9.17) is 15.5 Å². The van der Waals surface area contributed by atoms with E-state index >= 15 is 0 Å². The second-order valence-corrected chi connectivity index (χ2v) is 3.86. The van der Waals surface area contributed by atoms with E-state index in [1.807, 2.05) is 6.07 Å². The van der Waals surface area contributed by atoms with Crippen LogP contribution in [0, 0.1) is 11.3 Å². The molecule has 0 aromatic carbocycles. The molecule has 2 aromatic heterocycles. The Kier molecular flexibility index (Phi) is 3.16. The van der Waals surface area contributed by atoms with Crippen molar-refractivity contribution in [3.05, 3.63) is 35.4 Å². The van der Waals surface area contributed by atoms with Gasteiger partial charge in [-0.3, -0.25) is 4.79 Å². The van der Waals surface area contributed by atoms with E-state index in [9.17, 15) is 9.59 Å². The molecule has 0 saturated heterocycles. The number of aromatic nitrogens is 2. The van der Waals surface area contributed by atoms with Crippen LogP contribution in [0.15, 0.2) is 18.3 Å². The van der Waals surface area contributed by atoms with Crippen LogP contribution in [0.3, 0.4) is 0 Å². The standard InChI is InChI=1S/C12H9N3O4/c13-6-8-9-5-7(12(18)19)3-4-15(9)10(14-8)1-2-11(16)17/h3-5H,1-2H2,(H,16,17)(H,18,19). The second-order valence-electron chi connectivity index (χ2n) is 3.86. The fraction of sp³-hybridized carbons (Fsp3) is 0.167. The summed E-state index contributed by atoms with van der Waals surface area (Å²) in [5.41, 5.74) is 0.500. The highest BCUT2D eigenvalue weighted by molar-refractivity contribution is 5.89. The molecule has 2 N–H and O–H groups in total. The van der Waals surface area contributed by atoms with Crippen LogP contribution in [-0.2, 0) is 11.2 Å². The quantitative estimate of drug-likeness (QED) is 0.843. The molecule has 0 aliphatic carbocycles. The van der Waals surface area contributed by atoms with Crippen LogP contribution in [0.4, 0.5) is 0 Å². The number of hydrogen-bond donors (Lipinski definition) is 2. The van der Waals surface area contributed by atoms with E-state index in [-0.39, 0.29) is 24.1 Å². The smallest absolute Gasteiger partial charge is 0.335 e. The van der Waals surface area contributed by atoms with Crippen molar-refractivity contribution < 1.29 is 19.8 Å². The van der Waals surface area contributed by atoms with Gasteiger partial charge in [-0.15, -0.1) is 0 Å². The molecule has 96 valence electrons. The molecule has 0 amide bonds. The van der Waals surface area contributed by atoms with Gasteiger partial charge in [-0.25, -0.2) is 9.78 Å². The molecule has 19 heavy (non-hydrogen) atoms. The third-order valence-electron chi connectivity index (χ3n) is 2.63. The van der Waals surface area contributed by atoms with Crippen LogP contribution in [0.1, 0.15) is 28.3 Å². The largest absolute Gasteiger partial charge is 0.481 e. The number of carbonyl (C=O) groups is 2. The molecule has 7 nitrogen and oxygen atoms in total. The number of nitriles is 1. The Balaban J connectivity index is 2.53. The molecule has 0 aliphatic rings. The number of carboxylic acids is 2. The highest BCUT2D eigenvalue weighted by Gasteiger charge is 2.14. The normalized spacial score (nSPS) is 10.3. The van der Waals surface area contributed by atoms with E-state index in [0.29, 0.717) is 11.3 Å². The van der Waals surface area contributed by atoms with Gasteiger partial charge < -0.3 is 14.6 Å². The van der Waals surface area contributed by atoms with E-state index in [1.54, 1.807) is 0 Å². The molecule has 0 atom stereocenters. The van der Waals surface area contributed by atoms with Crippen molar-refractivity contribution >= 4 is 17.5 Å². The van der Waals surface area contributed by atoms with Gasteiger partial charge in [0.2, 0.25) is 0 Å². The molecule has 0 aliphatic heterocycles. The predicted molar refractivity (Wildman–Crippen MR) is 62.8 cm³/mol. The summed E-state index contributed by atoms with van der Waals surface area (Å²) in [7, 11) is 0. The third-order valence-corrected chi connectivity index (χ3v) is 2.63. The summed E-state index contributed by atoms with van der Waals surface area (Å²) in [5, 5.41) is 26.5. The molecule has 0 unspecified atom stereocenters. The molecule has 7 heteroatoms. The number of aryl methyl sites for hydroxylation is 1. The van der Waals surface area contributed by atoms with Gasteiger partial charge in [0.1, 0.15) is 11.9 Å². The van der Waals surface area contributed by atoms with Crippen LogP contribution < -0.4 is 0 Å². The molecule has 0 bridgehead atoms. The van der Waals surface area contributed by atoms with Crippen molar-refractivity contribution in [1.82, 2.24) is 9.38 Å². The van der Waals surface area contributed by atoms with Gasteiger partial charge in [0.05, 0.1) is 17.5 Å². The van der Waals surface area contributed by atoms with Gasteiger partial charge >= 0.3 is 11.9 Å². The Hall–Kier alpha value is -2.88. The summed E-state index contributed by atoms with van der Waals surface area (Å²) in [6.45, 7) is 0. The maximum atomic E-state index is 10.9. The number of aliphatic carboxylic acids is 1. The van der Waals surface area contributed by atoms with Gasteiger partial charge in [-0.05, 0) is 12.1 Å². The summed E-state index contributed by atoms with van der Waals surface area (Å²) >= 11 is 0. The minimum atomic E-state index is -1.10. The first-order chi connectivity index (χ1) is 9.02. The lowest BCUT2D eigenvalue weighted by Crippen LogP contribution is -2.02. The average molecular weight is 259 g/mol. The number of nitrogens with zero attached hydrogens (tertiary/aromatic N) is 3. The van der Waals surface area contributed by atoms with Crippen molar-refractivity contribution in [2.24, 2.45) is 0 Å². The maximum absolute atomic E-state index is 10.9. The first-order valence-electron chi connectivity index (χ1n) is 5.39. The maximum Gasteiger partial charge on any atom is 0.335 e. The molecular weight excluding hydrogens is 250 g/mol. The zero-order chi connectivity index (χ0) is 14.0. The first-order valence-corrected chi connectivity index (χ1v) is 5.39. The zero-order valence-corrected chi connectivity index (χ0v) is 9.70. The number of hydrogen-bond acceptors (Lipinski definition) is 4. The Labute approximate surface area is 107 Å². The highest BCUT2D eigenvalue weighted by atomic mass is 16.4. The Morgan fingerprint density at radius 3 is 2.74 bits per heavy atom. The van der Waals surface area contributed by atoms with Crippen molar-refractivity contribution in [2.45, 2.75) is 12.8 Å². The number of imidazole rings is 1. The summed E-state index contributed by atoms with van der Waals surface area (Å²) in [4.78, 5) is 25.5. The zero-order valence-electron chi connectivity index (χ0n) is 9.70. The highest BCUT2D eigenvalue weighted by Crippen LogP contribution is 2.16. The van der Waals surface area contributed by atoms with Crippen molar-refractivity contribution in [1.29, 1.82) is 5.26 Å². The minimum absolute atomic E-state index is 0.0497. The summed E-state index contributed by atoms with van der Waals surface area (Å²) < 4.78 is 1.54. The Morgan fingerprint density at radius 1 is 1.42 bits per heavy atom. The van der Waals surface area contributed by atoms with Crippen LogP contribution in [0.5, 0.6) is 0 Å². The molecular formula is C12H9N3O4. The van der Waals surface area contributed by atoms with Gasteiger partial charge in [0, 0.05) is 12.6 Å². The number of pyridine rings is 1. The van der Waals surface area contributed by atoms with E-state index < -0.39 is 11.9 Å². The van der Waals surface area contributed by atoms with Crippen LogP contribution in [0.25, 0.3) is 5.52 Å². The topological polar surface area (TPSA) is 116 Å². The predicted octanol–water partition coefficient (Wildman–Crippen LogP) is 0.921. The van der Waals surface area contributed by atoms with Crippen molar-refractivity contribution in [3.8, 4) is 6.07 Å². The van der Waals surface area contributed by atoms with Gasteiger partial charge in [-0.1, -0.05) is 0 Å². The van der Waals surface area contributed by atoms with E-state index in [0.717, 1.165) is 0 Å². The molecule has 2 aromatic rings. The van der Waals surface area contributed by atoms with E-state index in [2.05, 4.69) is 4.98 Å². The van der Waals surface area contributed by atoms with Gasteiger partial charge in [0.15, 0.2) is 5.69 Å². The van der Waals surface area contributed by atoms with E-state index in [1.165, 1.54) is 22.7 Å². The lowest BCUT2D eigenvalue weighted by molar-refractivity contribution is -0.137. The molecule has 2 heterocycles. The van der Waals surface area contributed by atoms with Crippen LogP contribution in [0.2, 0.25) is 0 Å². The van der Waals surface area contributed by atoms with Gasteiger partial charge in [0.25, 0.3) is 0 Å². The van der Waals surface area contributed by atoms with Crippen LogP contribution in [-0.4, -0.2) is 31.5 Å². The monoisotopic (exact) mass is 259 g/mol. The summed E-state index contributed by atoms with van der Waals surface area (Å²) in [6, 6.07) is 4.59. The molecule has 0 spiro atoms. The first kappa shape index (κ1) is 12.6. The van der Waals surface area contributed by atoms with Crippen LogP contribution >= 0.6 is 0 Å². The lowest BCUT2D eigenvalue weighted by atomic mass is 10.2. The SMILES string of the molecule is N#Cc1nc(CCC(=O)O)n2ccc(C(=O)O)cc12.